The Kier molecular flexibility index (Phi) is 6.26. The number of rotatable bonds is 7. The zero-order valence-corrected chi connectivity index (χ0v) is 16.7. The number of methoxy groups -OCH3 is 2. The first-order valence-corrected chi connectivity index (χ1v) is 9.21. The van der Waals surface area contributed by atoms with E-state index in [1.165, 1.54) is 5.56 Å². The van der Waals surface area contributed by atoms with Gasteiger partial charge in [0.25, 0.3) is 0 Å². The van der Waals surface area contributed by atoms with E-state index in [1.807, 2.05) is 20.2 Å². The van der Waals surface area contributed by atoms with E-state index in [1.54, 1.807) is 32.4 Å². The zero-order valence-electron chi connectivity index (χ0n) is 16.7. The van der Waals surface area contributed by atoms with Crippen molar-refractivity contribution in [3.63, 3.8) is 0 Å². The van der Waals surface area contributed by atoms with E-state index in [0.717, 1.165) is 24.3 Å². The van der Waals surface area contributed by atoms with E-state index >= 15 is 0 Å². The van der Waals surface area contributed by atoms with Gasteiger partial charge >= 0.3 is 6.03 Å². The van der Waals surface area contributed by atoms with Crippen LogP contribution in [0.3, 0.4) is 0 Å². The first kappa shape index (κ1) is 19.8. The Morgan fingerprint density at radius 3 is 2.75 bits per heavy atom. The molecular formula is C21H27N3O4. The van der Waals surface area contributed by atoms with Gasteiger partial charge < -0.3 is 29.7 Å². The molecule has 2 N–H and O–H groups in total. The molecule has 150 valence electrons. The van der Waals surface area contributed by atoms with Gasteiger partial charge in [0.2, 0.25) is 0 Å². The number of amides is 2. The molecule has 2 aromatic carbocycles. The van der Waals surface area contributed by atoms with Crippen LogP contribution in [0.5, 0.6) is 17.2 Å². The first-order chi connectivity index (χ1) is 13.5. The number of nitrogens with zero attached hydrogens (tertiary/aromatic N) is 1. The Bertz CT molecular complexity index is 838. The highest BCUT2D eigenvalue weighted by Gasteiger charge is 2.20. The van der Waals surface area contributed by atoms with Gasteiger partial charge in [0.05, 0.1) is 32.6 Å². The molecule has 0 aromatic heterocycles. The van der Waals surface area contributed by atoms with Crippen molar-refractivity contribution < 1.29 is 19.0 Å². The van der Waals surface area contributed by atoms with Crippen molar-refractivity contribution in [3.05, 3.63) is 47.5 Å². The van der Waals surface area contributed by atoms with E-state index in [-0.39, 0.29) is 12.1 Å². The minimum atomic E-state index is -0.303. The fourth-order valence-corrected chi connectivity index (χ4v) is 3.35. The number of benzene rings is 2. The highest BCUT2D eigenvalue weighted by Crippen LogP contribution is 2.34. The number of hydrogen-bond acceptors (Lipinski definition) is 5. The van der Waals surface area contributed by atoms with Crippen LogP contribution in [0.25, 0.3) is 0 Å². The molecular weight excluding hydrogens is 358 g/mol. The smallest absolute Gasteiger partial charge is 0.319 e. The van der Waals surface area contributed by atoms with Crippen LogP contribution in [0.4, 0.5) is 10.5 Å². The Hall–Kier alpha value is -2.93. The summed E-state index contributed by atoms with van der Waals surface area (Å²) in [6.45, 7) is 1.19. The number of nitrogens with one attached hydrogen (secondary N) is 2. The minimum Gasteiger partial charge on any atom is -0.493 e. The number of carbonyl (C=O) groups excluding carboxylic acids is 1. The summed E-state index contributed by atoms with van der Waals surface area (Å²) in [5.74, 6) is 2.01. The van der Waals surface area contributed by atoms with Gasteiger partial charge in [-0.25, -0.2) is 4.79 Å². The Balaban J connectivity index is 1.67. The topological polar surface area (TPSA) is 72.1 Å². The first-order valence-electron chi connectivity index (χ1n) is 9.21. The van der Waals surface area contributed by atoms with Gasteiger partial charge in [-0.3, -0.25) is 0 Å². The summed E-state index contributed by atoms with van der Waals surface area (Å²) in [6, 6.07) is 11.3. The Morgan fingerprint density at radius 2 is 2.04 bits per heavy atom. The number of urea groups is 1. The van der Waals surface area contributed by atoms with Crippen LogP contribution in [0.2, 0.25) is 0 Å². The predicted molar refractivity (Wildman–Crippen MR) is 109 cm³/mol. The molecule has 0 saturated carbocycles. The molecule has 1 aliphatic rings. The van der Waals surface area contributed by atoms with Gasteiger partial charge in [0, 0.05) is 13.0 Å². The molecule has 0 bridgehead atoms. The van der Waals surface area contributed by atoms with Crippen molar-refractivity contribution >= 4 is 11.7 Å². The minimum absolute atomic E-state index is 0.0452. The van der Waals surface area contributed by atoms with Crippen LogP contribution in [0.15, 0.2) is 36.4 Å². The SMILES string of the molecule is COc1cccc(NC(=O)NCC(c2ccc3c(c2)CCO3)N(C)C)c1OC. The molecule has 2 amide bonds. The van der Waals surface area contributed by atoms with Crippen molar-refractivity contribution in [2.24, 2.45) is 0 Å². The van der Waals surface area contributed by atoms with Crippen LogP contribution in [-0.4, -0.2) is 52.4 Å². The zero-order chi connectivity index (χ0) is 20.1. The standard InChI is InChI=1S/C21H27N3O4/c1-24(2)17(14-8-9-18-15(12-14)10-11-28-18)13-22-21(25)23-16-6-5-7-19(26-3)20(16)27-4/h5-9,12,17H,10-11,13H2,1-4H3,(H2,22,23,25). The van der Waals surface area contributed by atoms with Gasteiger partial charge in [0.1, 0.15) is 5.75 Å². The highest BCUT2D eigenvalue weighted by atomic mass is 16.5. The van der Waals surface area contributed by atoms with Gasteiger partial charge in [-0.05, 0) is 43.4 Å². The number of fused-ring (bicyclic) bond motifs is 1. The molecule has 1 heterocycles. The molecule has 7 heteroatoms. The molecule has 7 nitrogen and oxygen atoms in total. The summed E-state index contributed by atoms with van der Waals surface area (Å²) < 4.78 is 16.2. The molecule has 28 heavy (non-hydrogen) atoms. The van der Waals surface area contributed by atoms with E-state index in [2.05, 4.69) is 27.7 Å². The third-order valence-electron chi connectivity index (χ3n) is 4.83. The lowest BCUT2D eigenvalue weighted by atomic mass is 10.0. The largest absolute Gasteiger partial charge is 0.493 e. The monoisotopic (exact) mass is 385 g/mol. The summed E-state index contributed by atoms with van der Waals surface area (Å²) in [6.07, 6.45) is 0.923. The van der Waals surface area contributed by atoms with Crippen molar-refractivity contribution in [2.75, 3.05) is 46.8 Å². The van der Waals surface area contributed by atoms with Crippen LogP contribution < -0.4 is 24.8 Å². The summed E-state index contributed by atoms with van der Waals surface area (Å²) >= 11 is 0. The molecule has 1 atom stereocenters. The third-order valence-corrected chi connectivity index (χ3v) is 4.83. The number of anilines is 1. The predicted octanol–water partition coefficient (Wildman–Crippen LogP) is 3.06. The lowest BCUT2D eigenvalue weighted by molar-refractivity contribution is 0.243. The van der Waals surface area contributed by atoms with Crippen molar-refractivity contribution in [1.82, 2.24) is 10.2 Å². The average Bonchev–Trinajstić information content (AvgIpc) is 3.15. The molecule has 0 radical (unpaired) electrons. The van der Waals surface area contributed by atoms with Gasteiger partial charge in [0.15, 0.2) is 11.5 Å². The maximum Gasteiger partial charge on any atom is 0.319 e. The van der Waals surface area contributed by atoms with E-state index in [4.69, 9.17) is 14.2 Å². The van der Waals surface area contributed by atoms with Crippen LogP contribution in [-0.2, 0) is 6.42 Å². The van der Waals surface area contributed by atoms with Crippen molar-refractivity contribution in [1.29, 1.82) is 0 Å². The lowest BCUT2D eigenvalue weighted by Crippen LogP contribution is -2.37. The number of carbonyl (C=O) groups is 1. The van der Waals surface area contributed by atoms with Crippen LogP contribution in [0, 0.1) is 0 Å². The van der Waals surface area contributed by atoms with Gasteiger partial charge in [-0.1, -0.05) is 18.2 Å². The number of ether oxygens (including phenoxy) is 3. The van der Waals surface area contributed by atoms with E-state index in [0.29, 0.717) is 23.7 Å². The van der Waals surface area contributed by atoms with Crippen LogP contribution >= 0.6 is 0 Å². The van der Waals surface area contributed by atoms with Gasteiger partial charge in [-0.15, -0.1) is 0 Å². The van der Waals surface area contributed by atoms with Gasteiger partial charge in [-0.2, -0.15) is 0 Å². The number of para-hydroxylation sites is 1. The molecule has 0 fully saturated rings. The van der Waals surface area contributed by atoms with E-state index in [9.17, 15) is 4.79 Å². The lowest BCUT2D eigenvalue weighted by Gasteiger charge is -2.25. The van der Waals surface area contributed by atoms with Crippen LogP contribution in [0.1, 0.15) is 17.2 Å². The van der Waals surface area contributed by atoms with Crippen molar-refractivity contribution in [3.8, 4) is 17.2 Å². The maximum atomic E-state index is 12.5. The number of hydrogen-bond donors (Lipinski definition) is 2. The quantitative estimate of drug-likeness (QED) is 0.766. The normalized spacial score (nSPS) is 13.5. The summed E-state index contributed by atoms with van der Waals surface area (Å²) in [5.41, 5.74) is 2.92. The molecule has 2 aromatic rings. The number of likely N-dealkylation sites (N-methyl/N-ethyl adjacent to an activating group) is 1. The second-order valence-corrected chi connectivity index (χ2v) is 6.82. The molecule has 0 spiro atoms. The summed E-state index contributed by atoms with van der Waals surface area (Å²) in [5, 5.41) is 5.78. The second-order valence-electron chi connectivity index (χ2n) is 6.82. The molecule has 1 unspecified atom stereocenters. The highest BCUT2D eigenvalue weighted by molar-refractivity contribution is 5.91. The van der Waals surface area contributed by atoms with E-state index < -0.39 is 0 Å². The second kappa shape index (κ2) is 8.84. The van der Waals surface area contributed by atoms with Crippen molar-refractivity contribution in [2.45, 2.75) is 12.5 Å². The Morgan fingerprint density at radius 1 is 1.21 bits per heavy atom. The fourth-order valence-electron chi connectivity index (χ4n) is 3.35. The molecule has 0 aliphatic carbocycles. The molecule has 0 saturated heterocycles. The fraction of sp³-hybridized carbons (Fsp3) is 0.381. The maximum absolute atomic E-state index is 12.5. The summed E-state index contributed by atoms with van der Waals surface area (Å²) in [7, 11) is 7.10. The summed E-state index contributed by atoms with van der Waals surface area (Å²) in [4.78, 5) is 14.6. The Labute approximate surface area is 165 Å². The molecule has 3 rings (SSSR count). The molecule has 1 aliphatic heterocycles. The third kappa shape index (κ3) is 4.31. The average molecular weight is 385 g/mol.